The van der Waals surface area contributed by atoms with Gasteiger partial charge >= 0.3 is 0 Å². The lowest BCUT2D eigenvalue weighted by molar-refractivity contribution is 0.452. The molecule has 2 aromatic carbocycles. The van der Waals surface area contributed by atoms with Crippen molar-refractivity contribution in [2.75, 3.05) is 26.7 Å². The number of hydrogen-bond acceptors (Lipinski definition) is 3. The molecule has 162 valence electrons. The second-order valence-corrected chi connectivity index (χ2v) is 9.99. The van der Waals surface area contributed by atoms with E-state index in [4.69, 9.17) is 4.99 Å². The van der Waals surface area contributed by atoms with Crippen LogP contribution in [0.3, 0.4) is 0 Å². The molecule has 4 nitrogen and oxygen atoms in total. The van der Waals surface area contributed by atoms with Crippen LogP contribution in [-0.2, 0) is 0 Å². The van der Waals surface area contributed by atoms with E-state index in [0.29, 0.717) is 15.3 Å². The molecule has 31 heavy (non-hydrogen) atoms. The third-order valence-corrected chi connectivity index (χ3v) is 6.47. The first kappa shape index (κ1) is 23.1. The fraction of sp³-hybridized carbons (Fsp3) is 0.346. The molecule has 0 radical (unpaired) electrons. The monoisotopic (exact) mass is 432 g/mol. The van der Waals surface area contributed by atoms with Gasteiger partial charge in [0.25, 0.3) is 0 Å². The van der Waals surface area contributed by atoms with Crippen molar-refractivity contribution in [3.05, 3.63) is 66.2 Å². The second kappa shape index (κ2) is 10.1. The van der Waals surface area contributed by atoms with Gasteiger partial charge in [0.15, 0.2) is 0 Å². The average molecular weight is 433 g/mol. The molecule has 1 heterocycles. The van der Waals surface area contributed by atoms with Crippen LogP contribution in [0, 0.1) is 11.8 Å². The molecule has 0 aliphatic carbocycles. The lowest BCUT2D eigenvalue weighted by Gasteiger charge is -2.26. The first-order valence-corrected chi connectivity index (χ1v) is 11.7. The maximum atomic E-state index is 4.96. The Labute approximate surface area is 189 Å². The van der Waals surface area contributed by atoms with Crippen molar-refractivity contribution in [1.29, 1.82) is 0 Å². The summed E-state index contributed by atoms with van der Waals surface area (Å²) >= 11 is 0. The van der Waals surface area contributed by atoms with Crippen LogP contribution in [0.5, 0.6) is 0 Å². The number of benzene rings is 2. The molecule has 0 amide bonds. The number of fused-ring (bicyclic) bond motifs is 1. The molecule has 1 N–H and O–H groups in total. The molecule has 0 aromatic heterocycles. The van der Waals surface area contributed by atoms with Crippen LogP contribution in [0.2, 0.25) is 0 Å². The van der Waals surface area contributed by atoms with Crippen LogP contribution < -0.4 is 10.6 Å². The molecule has 5 heteroatoms. The third-order valence-electron chi connectivity index (χ3n) is 5.10. The lowest BCUT2D eigenvalue weighted by atomic mass is 10.1. The number of aliphatic imine (C=N–C) groups is 1. The molecule has 0 bridgehead atoms. The molecule has 0 saturated carbocycles. The second-order valence-electron chi connectivity index (χ2n) is 8.68. The van der Waals surface area contributed by atoms with E-state index in [1.165, 1.54) is 10.9 Å². The smallest absolute Gasteiger partial charge is 0.124 e. The number of nitrogens with zero attached hydrogens (tertiary/aromatic N) is 3. The van der Waals surface area contributed by atoms with Crippen molar-refractivity contribution in [1.82, 2.24) is 14.9 Å². The van der Waals surface area contributed by atoms with Gasteiger partial charge in [-0.1, -0.05) is 42.7 Å². The number of likely N-dealkylation sites (N-methyl/N-ethyl adjacent to an activating group) is 1. The minimum Gasteiger partial charge on any atom is -0.362 e. The van der Waals surface area contributed by atoms with Gasteiger partial charge in [-0.15, -0.1) is 0 Å². The zero-order valence-corrected chi connectivity index (χ0v) is 20.3. The van der Waals surface area contributed by atoms with Crippen molar-refractivity contribution in [2.45, 2.75) is 33.2 Å². The van der Waals surface area contributed by atoms with Crippen LogP contribution in [0.4, 0.5) is 5.69 Å². The van der Waals surface area contributed by atoms with Gasteiger partial charge in [-0.05, 0) is 52.0 Å². The number of nitrogens with one attached hydrogen (secondary N) is 1. The van der Waals surface area contributed by atoms with Gasteiger partial charge in [0.2, 0.25) is 0 Å². The van der Waals surface area contributed by atoms with E-state index in [1.807, 2.05) is 24.3 Å². The highest BCUT2D eigenvalue weighted by atomic mass is 31.1. The summed E-state index contributed by atoms with van der Waals surface area (Å²) < 4.78 is 2.33. The van der Waals surface area contributed by atoms with E-state index in [0.717, 1.165) is 35.9 Å². The largest absolute Gasteiger partial charge is 0.362 e. The van der Waals surface area contributed by atoms with Crippen molar-refractivity contribution < 1.29 is 0 Å². The van der Waals surface area contributed by atoms with Crippen LogP contribution in [0.25, 0.3) is 5.70 Å². The summed E-state index contributed by atoms with van der Waals surface area (Å²) in [6, 6.07) is 16.7. The zero-order valence-electron chi connectivity index (χ0n) is 19.3. The summed E-state index contributed by atoms with van der Waals surface area (Å²) in [6.45, 7) is 15.2. The molecular formula is C26H33N4P. The van der Waals surface area contributed by atoms with Crippen molar-refractivity contribution in [3.63, 3.8) is 0 Å². The first-order chi connectivity index (χ1) is 14.8. The topological polar surface area (TPSA) is 30.9 Å². The molecule has 3 rings (SSSR count). The quantitative estimate of drug-likeness (QED) is 0.324. The fourth-order valence-electron chi connectivity index (χ4n) is 3.11. The van der Waals surface area contributed by atoms with Gasteiger partial charge < -0.3 is 14.9 Å². The SMILES string of the molecule is C=C1c2ccccc2PN1CC(=Nc1ccc(C#CCNC(C)(C)C)cc1)N(C)CC. The Morgan fingerprint density at radius 1 is 1.16 bits per heavy atom. The Balaban J connectivity index is 1.71. The maximum Gasteiger partial charge on any atom is 0.124 e. The number of hydrogen-bond donors (Lipinski definition) is 1. The van der Waals surface area contributed by atoms with Gasteiger partial charge in [-0.25, -0.2) is 4.99 Å². The number of rotatable bonds is 5. The predicted molar refractivity (Wildman–Crippen MR) is 137 cm³/mol. The Bertz CT molecular complexity index is 1010. The van der Waals surface area contributed by atoms with Crippen molar-refractivity contribution in [3.8, 4) is 11.8 Å². The van der Waals surface area contributed by atoms with Crippen LogP contribution in [0.1, 0.15) is 38.8 Å². The van der Waals surface area contributed by atoms with E-state index < -0.39 is 0 Å². The normalized spacial score (nSPS) is 14.4. The summed E-state index contributed by atoms with van der Waals surface area (Å²) in [7, 11) is 2.69. The van der Waals surface area contributed by atoms with Gasteiger partial charge in [-0.2, -0.15) is 0 Å². The predicted octanol–water partition coefficient (Wildman–Crippen LogP) is 4.61. The molecular weight excluding hydrogens is 399 g/mol. The maximum absolute atomic E-state index is 4.96. The van der Waals surface area contributed by atoms with Crippen LogP contribution >= 0.6 is 8.73 Å². The number of amidine groups is 1. The molecule has 0 spiro atoms. The van der Waals surface area contributed by atoms with E-state index in [1.54, 1.807) is 0 Å². The molecule has 1 aliphatic heterocycles. The van der Waals surface area contributed by atoms with Crippen molar-refractivity contribution in [2.24, 2.45) is 4.99 Å². The summed E-state index contributed by atoms with van der Waals surface area (Å²) in [5.74, 6) is 7.44. The highest BCUT2D eigenvalue weighted by molar-refractivity contribution is 7.46. The highest BCUT2D eigenvalue weighted by Gasteiger charge is 2.24. The molecule has 2 aromatic rings. The van der Waals surface area contributed by atoms with Gasteiger partial charge in [0.1, 0.15) is 5.84 Å². The van der Waals surface area contributed by atoms with E-state index in [2.05, 4.69) is 92.3 Å². The van der Waals surface area contributed by atoms with Gasteiger partial charge in [0, 0.05) is 50.0 Å². The Morgan fingerprint density at radius 3 is 2.52 bits per heavy atom. The molecule has 0 saturated heterocycles. The first-order valence-electron chi connectivity index (χ1n) is 10.7. The minimum atomic E-state index is 0.0809. The van der Waals surface area contributed by atoms with E-state index in [9.17, 15) is 0 Å². The van der Waals surface area contributed by atoms with E-state index >= 15 is 0 Å². The highest BCUT2D eigenvalue weighted by Crippen LogP contribution is 2.37. The minimum absolute atomic E-state index is 0.0809. The molecule has 1 atom stereocenters. The average Bonchev–Trinajstić information content (AvgIpc) is 3.06. The Kier molecular flexibility index (Phi) is 7.55. The van der Waals surface area contributed by atoms with E-state index in [-0.39, 0.29) is 5.54 Å². The zero-order chi connectivity index (χ0) is 22.4. The van der Waals surface area contributed by atoms with Gasteiger partial charge in [0.05, 0.1) is 18.8 Å². The molecule has 1 aliphatic rings. The lowest BCUT2D eigenvalue weighted by Crippen LogP contribution is -2.35. The van der Waals surface area contributed by atoms with Crippen molar-refractivity contribution >= 4 is 31.3 Å². The molecule has 0 fully saturated rings. The molecule has 1 unspecified atom stereocenters. The van der Waals surface area contributed by atoms with Crippen LogP contribution in [0.15, 0.2) is 60.1 Å². The Hall–Kier alpha value is -2.60. The standard InChI is InChI=1S/C26H33N4P/c1-7-29(6)25(19-30-20(2)23-12-8-9-13-24(23)31-30)28-22-16-14-21(15-17-22)11-10-18-27-26(3,4)5/h8-9,12-17,27,31H,2,7,18-19H2,1,3-6H3. The third kappa shape index (κ3) is 6.44. The summed E-state index contributed by atoms with van der Waals surface area (Å²) in [6.07, 6.45) is 0. The summed E-state index contributed by atoms with van der Waals surface area (Å²) in [4.78, 5) is 7.16. The summed E-state index contributed by atoms with van der Waals surface area (Å²) in [5.41, 5.74) is 4.37. The Morgan fingerprint density at radius 2 is 1.87 bits per heavy atom. The van der Waals surface area contributed by atoms with Crippen LogP contribution in [-0.4, -0.2) is 47.6 Å². The van der Waals surface area contributed by atoms with Gasteiger partial charge in [-0.3, -0.25) is 0 Å². The fourth-order valence-corrected chi connectivity index (χ4v) is 4.40. The summed E-state index contributed by atoms with van der Waals surface area (Å²) in [5, 5.41) is 4.74.